The van der Waals surface area contributed by atoms with Crippen molar-refractivity contribution in [2.75, 3.05) is 4.90 Å². The summed E-state index contributed by atoms with van der Waals surface area (Å²) in [4.78, 5) is 27.4. The number of carbonyl (C=O) groups is 2. The summed E-state index contributed by atoms with van der Waals surface area (Å²) >= 11 is 0. The fourth-order valence-corrected chi connectivity index (χ4v) is 4.59. The summed E-state index contributed by atoms with van der Waals surface area (Å²) in [5, 5.41) is 0. The minimum Gasteiger partial charge on any atom is -0.274 e. The lowest BCUT2D eigenvalue weighted by atomic mass is 9.71. The smallest absolute Gasteiger partial charge is 0.241 e. The molecule has 3 heteroatoms. The maximum absolute atomic E-state index is 13.0. The molecule has 0 spiro atoms. The molecule has 1 saturated heterocycles. The number of hydrogen-bond acceptors (Lipinski definition) is 2. The van der Waals surface area contributed by atoms with E-state index in [1.54, 1.807) is 0 Å². The van der Waals surface area contributed by atoms with E-state index in [4.69, 9.17) is 0 Å². The predicted molar refractivity (Wildman–Crippen MR) is 80.7 cm³/mol. The maximum Gasteiger partial charge on any atom is 0.241 e. The summed E-state index contributed by atoms with van der Waals surface area (Å²) < 4.78 is 0. The number of allylic oxidation sites excluding steroid dienone is 2. The van der Waals surface area contributed by atoms with Gasteiger partial charge < -0.3 is 0 Å². The average molecular weight is 281 g/mol. The Bertz CT molecular complexity index is 705. The number of rotatable bonds is 1. The lowest BCUT2D eigenvalue weighted by Gasteiger charge is -2.28. The van der Waals surface area contributed by atoms with Gasteiger partial charge in [-0.25, -0.2) is 4.90 Å². The third kappa shape index (κ3) is 1.39. The lowest BCUT2D eigenvalue weighted by molar-refractivity contribution is -0.127. The van der Waals surface area contributed by atoms with E-state index < -0.39 is 5.41 Å². The van der Waals surface area contributed by atoms with Gasteiger partial charge in [0.15, 0.2) is 0 Å². The van der Waals surface area contributed by atoms with Gasteiger partial charge in [0.25, 0.3) is 0 Å². The quantitative estimate of drug-likeness (QED) is 0.586. The van der Waals surface area contributed by atoms with Gasteiger partial charge in [0, 0.05) is 0 Å². The minimum atomic E-state index is -0.534. The summed E-state index contributed by atoms with van der Waals surface area (Å²) in [5.74, 6) is 0.278. The highest BCUT2D eigenvalue weighted by atomic mass is 16.2. The summed E-state index contributed by atoms with van der Waals surface area (Å²) in [7, 11) is 0. The van der Waals surface area contributed by atoms with E-state index in [0.29, 0.717) is 0 Å². The molecule has 1 heterocycles. The number of fused-ring (bicyclic) bond motifs is 5. The number of anilines is 1. The Hall–Kier alpha value is -1.90. The Morgan fingerprint density at radius 3 is 2.62 bits per heavy atom. The first kappa shape index (κ1) is 12.8. The van der Waals surface area contributed by atoms with E-state index in [0.717, 1.165) is 23.2 Å². The first-order valence-electron chi connectivity index (χ1n) is 7.58. The number of carbonyl (C=O) groups excluding carboxylic acids is 2. The molecule has 1 saturated carbocycles. The summed E-state index contributed by atoms with van der Waals surface area (Å²) in [6.07, 6.45) is 5.23. The molecule has 0 radical (unpaired) electrons. The zero-order chi connectivity index (χ0) is 14.9. The predicted octanol–water partition coefficient (Wildman–Crippen LogP) is 3.01. The van der Waals surface area contributed by atoms with Gasteiger partial charge in [-0.2, -0.15) is 0 Å². The van der Waals surface area contributed by atoms with Crippen LogP contribution in [0.25, 0.3) is 0 Å². The van der Waals surface area contributed by atoms with Gasteiger partial charge in [-0.15, -0.1) is 0 Å². The maximum atomic E-state index is 13.0. The Balaban J connectivity index is 1.83. The van der Waals surface area contributed by atoms with Crippen LogP contribution in [0.4, 0.5) is 5.69 Å². The summed E-state index contributed by atoms with van der Waals surface area (Å²) in [5.41, 5.74) is 2.35. The molecular weight excluding hydrogens is 262 g/mol. The van der Waals surface area contributed by atoms with E-state index in [-0.39, 0.29) is 29.6 Å². The van der Waals surface area contributed by atoms with Gasteiger partial charge in [-0.05, 0) is 50.7 Å². The van der Waals surface area contributed by atoms with E-state index in [2.05, 4.69) is 12.2 Å². The molecule has 1 aliphatic heterocycles. The van der Waals surface area contributed by atoms with Crippen LogP contribution < -0.4 is 4.90 Å². The molecule has 2 aliphatic carbocycles. The highest BCUT2D eigenvalue weighted by Gasteiger charge is 2.67. The number of imide groups is 1. The van der Waals surface area contributed by atoms with Crippen LogP contribution in [-0.2, 0) is 9.59 Å². The van der Waals surface area contributed by atoms with Crippen LogP contribution in [0.1, 0.15) is 24.5 Å². The Labute approximate surface area is 124 Å². The topological polar surface area (TPSA) is 37.4 Å². The molecule has 108 valence electrons. The van der Waals surface area contributed by atoms with Crippen LogP contribution >= 0.6 is 0 Å². The Morgan fingerprint density at radius 1 is 1.19 bits per heavy atom. The first-order valence-corrected chi connectivity index (χ1v) is 7.58. The van der Waals surface area contributed by atoms with Crippen LogP contribution in [0.3, 0.4) is 0 Å². The highest BCUT2D eigenvalue weighted by molar-refractivity contribution is 6.24. The first-order chi connectivity index (χ1) is 9.94. The number of nitrogens with zero attached hydrogens (tertiary/aromatic N) is 1. The van der Waals surface area contributed by atoms with Crippen molar-refractivity contribution in [3.63, 3.8) is 0 Å². The molecule has 2 fully saturated rings. The number of aryl methyl sites for hydroxylation is 2. The van der Waals surface area contributed by atoms with Crippen LogP contribution in [0, 0.1) is 37.0 Å². The van der Waals surface area contributed by atoms with Gasteiger partial charge in [-0.1, -0.05) is 29.8 Å². The molecule has 3 aliphatic rings. The van der Waals surface area contributed by atoms with Crippen LogP contribution in [0.15, 0.2) is 30.4 Å². The van der Waals surface area contributed by atoms with Gasteiger partial charge in [0.2, 0.25) is 11.8 Å². The lowest BCUT2D eigenvalue weighted by Crippen LogP contribution is -2.37. The number of amides is 2. The fraction of sp³-hybridized carbons (Fsp3) is 0.444. The molecule has 4 rings (SSSR count). The second kappa shape index (κ2) is 3.85. The van der Waals surface area contributed by atoms with Gasteiger partial charge >= 0.3 is 0 Å². The largest absolute Gasteiger partial charge is 0.274 e. The second-order valence-corrected chi connectivity index (χ2v) is 6.92. The standard InChI is InChI=1S/C18H19NO2/c1-10-4-7-14(11(2)8-10)19-16(20)15-12-5-6-13(9-12)18(15,3)17(19)21/h4-8,12-13,15H,9H2,1-3H3/t12-,13-,15+,18+/m1/s1. The summed E-state index contributed by atoms with van der Waals surface area (Å²) in [6, 6.07) is 5.89. The highest BCUT2D eigenvalue weighted by Crippen LogP contribution is 2.61. The van der Waals surface area contributed by atoms with Crippen LogP contribution in [0.5, 0.6) is 0 Å². The minimum absolute atomic E-state index is 0.00805. The van der Waals surface area contributed by atoms with Crippen LogP contribution in [-0.4, -0.2) is 11.8 Å². The van der Waals surface area contributed by atoms with Crippen molar-refractivity contribution >= 4 is 17.5 Å². The zero-order valence-corrected chi connectivity index (χ0v) is 12.6. The van der Waals surface area contributed by atoms with Gasteiger partial charge in [0.05, 0.1) is 17.0 Å². The van der Waals surface area contributed by atoms with E-state index in [1.807, 2.05) is 39.0 Å². The average Bonchev–Trinajstić information content (AvgIpc) is 3.05. The number of benzene rings is 1. The Kier molecular flexibility index (Phi) is 2.35. The van der Waals surface area contributed by atoms with Crippen molar-refractivity contribution in [2.45, 2.75) is 27.2 Å². The van der Waals surface area contributed by atoms with E-state index in [1.165, 1.54) is 4.90 Å². The summed E-state index contributed by atoms with van der Waals surface area (Å²) in [6.45, 7) is 5.96. The second-order valence-electron chi connectivity index (χ2n) is 6.92. The molecular formula is C18H19NO2. The molecule has 4 atom stereocenters. The zero-order valence-electron chi connectivity index (χ0n) is 12.6. The molecule has 1 aromatic rings. The number of hydrogen-bond donors (Lipinski definition) is 0. The van der Waals surface area contributed by atoms with Crippen molar-refractivity contribution in [3.05, 3.63) is 41.5 Å². The molecule has 21 heavy (non-hydrogen) atoms. The molecule has 1 aromatic carbocycles. The van der Waals surface area contributed by atoms with Crippen molar-refractivity contribution in [1.29, 1.82) is 0 Å². The molecule has 3 nitrogen and oxygen atoms in total. The Morgan fingerprint density at radius 2 is 1.95 bits per heavy atom. The van der Waals surface area contributed by atoms with Crippen LogP contribution in [0.2, 0.25) is 0 Å². The normalized spacial score (nSPS) is 36.7. The van der Waals surface area contributed by atoms with Crippen molar-refractivity contribution in [3.8, 4) is 0 Å². The third-order valence-electron chi connectivity index (χ3n) is 5.70. The SMILES string of the molecule is Cc1ccc(N2C(=O)[C@@H]3[C@@H]4C=C[C@H](C4)[C@]3(C)C2=O)c(C)c1. The van der Waals surface area contributed by atoms with E-state index in [9.17, 15) is 9.59 Å². The fourth-order valence-electron chi connectivity index (χ4n) is 4.59. The van der Waals surface area contributed by atoms with E-state index >= 15 is 0 Å². The van der Waals surface area contributed by atoms with Gasteiger partial charge in [-0.3, -0.25) is 9.59 Å². The van der Waals surface area contributed by atoms with Crippen molar-refractivity contribution < 1.29 is 9.59 Å². The van der Waals surface area contributed by atoms with Crippen molar-refractivity contribution in [2.24, 2.45) is 23.2 Å². The molecule has 0 aromatic heterocycles. The molecule has 0 N–H and O–H groups in total. The third-order valence-corrected chi connectivity index (χ3v) is 5.70. The van der Waals surface area contributed by atoms with Gasteiger partial charge in [0.1, 0.15) is 0 Å². The monoisotopic (exact) mass is 281 g/mol. The molecule has 0 unspecified atom stereocenters. The van der Waals surface area contributed by atoms with Crippen molar-refractivity contribution in [1.82, 2.24) is 0 Å². The molecule has 2 amide bonds. The molecule has 2 bridgehead atoms.